The fourth-order valence-electron chi connectivity index (χ4n) is 4.27. The molecular weight excluding hydrogens is 376 g/mol. The van der Waals surface area contributed by atoms with Crippen LogP contribution in [0.2, 0.25) is 0 Å². The molecule has 160 valence electrons. The molecule has 29 heavy (non-hydrogen) atoms. The zero-order valence-corrected chi connectivity index (χ0v) is 17.3. The predicted octanol–water partition coefficient (Wildman–Crippen LogP) is 2.90. The van der Waals surface area contributed by atoms with Gasteiger partial charge in [0.25, 0.3) is 0 Å². The molecule has 8 heteroatoms. The first-order valence-corrected chi connectivity index (χ1v) is 10.5. The lowest BCUT2D eigenvalue weighted by atomic mass is 9.70. The van der Waals surface area contributed by atoms with Crippen molar-refractivity contribution >= 4 is 17.5 Å². The number of nitrogens with zero attached hydrogens (tertiary/aromatic N) is 2. The van der Waals surface area contributed by atoms with Gasteiger partial charge < -0.3 is 14.2 Å². The summed E-state index contributed by atoms with van der Waals surface area (Å²) in [5.41, 5.74) is -0.469. The van der Waals surface area contributed by atoms with Gasteiger partial charge >= 0.3 is 5.97 Å². The van der Waals surface area contributed by atoms with Crippen molar-refractivity contribution in [2.75, 3.05) is 26.4 Å². The van der Waals surface area contributed by atoms with Gasteiger partial charge in [0, 0.05) is 38.7 Å². The van der Waals surface area contributed by atoms with Crippen molar-refractivity contribution in [3.8, 4) is 5.88 Å². The van der Waals surface area contributed by atoms with Crippen LogP contribution in [-0.4, -0.2) is 53.7 Å². The van der Waals surface area contributed by atoms with E-state index in [9.17, 15) is 14.4 Å². The zero-order valence-electron chi connectivity index (χ0n) is 17.3. The highest BCUT2D eigenvalue weighted by Crippen LogP contribution is 2.47. The number of Topliss-reactive ketones (excluding diaryl/α,β-unsaturated/α-hetero) is 2. The maximum absolute atomic E-state index is 12.3. The van der Waals surface area contributed by atoms with Crippen molar-refractivity contribution in [3.05, 3.63) is 11.8 Å². The topological polar surface area (TPSA) is 96.7 Å². The lowest BCUT2D eigenvalue weighted by molar-refractivity contribution is -0.137. The molecule has 0 amide bonds. The second-order valence-electron chi connectivity index (χ2n) is 7.61. The number of aromatic nitrogens is 2. The number of esters is 1. The van der Waals surface area contributed by atoms with Crippen molar-refractivity contribution in [1.82, 2.24) is 9.78 Å². The van der Waals surface area contributed by atoms with Gasteiger partial charge in [-0.3, -0.25) is 14.3 Å². The Morgan fingerprint density at radius 1 is 1.14 bits per heavy atom. The quantitative estimate of drug-likeness (QED) is 0.353. The summed E-state index contributed by atoms with van der Waals surface area (Å²) in [4.78, 5) is 36.9. The number of hydrogen-bond donors (Lipinski definition) is 0. The van der Waals surface area contributed by atoms with Crippen LogP contribution < -0.4 is 4.74 Å². The summed E-state index contributed by atoms with van der Waals surface area (Å²) in [5, 5.41) is 4.49. The molecule has 0 unspecified atom stereocenters. The van der Waals surface area contributed by atoms with E-state index in [4.69, 9.17) is 14.2 Å². The van der Waals surface area contributed by atoms with Crippen LogP contribution in [0.1, 0.15) is 75.2 Å². The van der Waals surface area contributed by atoms with E-state index in [0.717, 1.165) is 0 Å². The van der Waals surface area contributed by atoms with Gasteiger partial charge in [0.1, 0.15) is 17.1 Å². The van der Waals surface area contributed by atoms with E-state index in [-0.39, 0.29) is 30.1 Å². The average Bonchev–Trinajstić information content (AvgIpc) is 3.26. The highest BCUT2D eigenvalue weighted by atomic mass is 16.5. The molecule has 0 bridgehead atoms. The number of carbonyl (C=O) groups excluding carboxylic acids is 3. The molecule has 3 rings (SSSR count). The first-order chi connectivity index (χ1) is 14.0. The Balaban J connectivity index is 1.69. The van der Waals surface area contributed by atoms with Crippen LogP contribution in [0.5, 0.6) is 5.88 Å². The normalized spacial score (nSPS) is 19.1. The second kappa shape index (κ2) is 9.52. The summed E-state index contributed by atoms with van der Waals surface area (Å²) in [6.45, 7) is 5.57. The first kappa shape index (κ1) is 21.5. The van der Waals surface area contributed by atoms with E-state index < -0.39 is 11.4 Å². The fourth-order valence-corrected chi connectivity index (χ4v) is 4.27. The standard InChI is InChI=1S/C21H30N2O6/c1-3-27-12-5-13-29-19-16(20(26)28-4-2)14-23(22-19)15-8-10-21(11-9-15)17(24)6-7-18(21)25/h14-15H,3-13H2,1-2H3. The highest BCUT2D eigenvalue weighted by molar-refractivity contribution is 6.12. The van der Waals surface area contributed by atoms with Gasteiger partial charge in [0.15, 0.2) is 0 Å². The fraction of sp³-hybridized carbons (Fsp3) is 0.714. The van der Waals surface area contributed by atoms with E-state index in [2.05, 4.69) is 5.10 Å². The number of carbonyl (C=O) groups is 3. The summed E-state index contributed by atoms with van der Waals surface area (Å²) in [6, 6.07) is 0.0239. The molecule has 1 spiro atoms. The Bertz CT molecular complexity index is 730. The molecule has 0 saturated heterocycles. The van der Waals surface area contributed by atoms with E-state index in [1.807, 2.05) is 6.92 Å². The SMILES string of the molecule is CCOCCCOc1nn(C2CCC3(CC2)C(=O)CCC3=O)cc1C(=O)OCC. The largest absolute Gasteiger partial charge is 0.476 e. The summed E-state index contributed by atoms with van der Waals surface area (Å²) in [7, 11) is 0. The Labute approximate surface area is 170 Å². The van der Waals surface area contributed by atoms with Crippen molar-refractivity contribution in [2.24, 2.45) is 5.41 Å². The van der Waals surface area contributed by atoms with E-state index in [0.29, 0.717) is 70.3 Å². The maximum atomic E-state index is 12.3. The summed E-state index contributed by atoms with van der Waals surface area (Å²) in [6.07, 6.45) is 5.55. The number of rotatable bonds is 9. The molecule has 2 fully saturated rings. The first-order valence-electron chi connectivity index (χ1n) is 10.5. The smallest absolute Gasteiger partial charge is 0.345 e. The number of ether oxygens (including phenoxy) is 3. The molecule has 1 heterocycles. The molecule has 1 aromatic rings. The van der Waals surface area contributed by atoms with Gasteiger partial charge in [-0.25, -0.2) is 4.79 Å². The third-order valence-corrected chi connectivity index (χ3v) is 5.90. The molecule has 0 N–H and O–H groups in total. The maximum Gasteiger partial charge on any atom is 0.345 e. The van der Waals surface area contributed by atoms with Gasteiger partial charge in [-0.2, -0.15) is 0 Å². The third-order valence-electron chi connectivity index (χ3n) is 5.90. The lowest BCUT2D eigenvalue weighted by Crippen LogP contribution is -2.37. The molecule has 0 radical (unpaired) electrons. The highest BCUT2D eigenvalue weighted by Gasteiger charge is 2.51. The molecular formula is C21H30N2O6. The van der Waals surface area contributed by atoms with Gasteiger partial charge in [0.2, 0.25) is 5.88 Å². The molecule has 0 aromatic carbocycles. The van der Waals surface area contributed by atoms with Crippen LogP contribution in [0.4, 0.5) is 0 Å². The molecule has 0 atom stereocenters. The Morgan fingerprint density at radius 2 is 1.83 bits per heavy atom. The summed E-state index contributed by atoms with van der Waals surface area (Å²) in [5.74, 6) is -0.0286. The lowest BCUT2D eigenvalue weighted by Gasteiger charge is -2.34. The van der Waals surface area contributed by atoms with Crippen LogP contribution in [0.3, 0.4) is 0 Å². The van der Waals surface area contributed by atoms with Crippen molar-refractivity contribution in [1.29, 1.82) is 0 Å². The minimum Gasteiger partial charge on any atom is -0.476 e. The van der Waals surface area contributed by atoms with Gasteiger partial charge in [-0.15, -0.1) is 5.10 Å². The molecule has 2 aliphatic carbocycles. The van der Waals surface area contributed by atoms with Gasteiger partial charge in [-0.05, 0) is 39.5 Å². The Morgan fingerprint density at radius 3 is 2.45 bits per heavy atom. The molecule has 1 aromatic heterocycles. The van der Waals surface area contributed by atoms with Crippen LogP contribution in [0.25, 0.3) is 0 Å². The van der Waals surface area contributed by atoms with E-state index >= 15 is 0 Å². The van der Waals surface area contributed by atoms with Crippen molar-refractivity contribution in [2.45, 2.75) is 64.8 Å². The van der Waals surface area contributed by atoms with Crippen LogP contribution in [0, 0.1) is 5.41 Å². The number of ketones is 2. The predicted molar refractivity (Wildman–Crippen MR) is 104 cm³/mol. The van der Waals surface area contributed by atoms with E-state index in [1.54, 1.807) is 17.8 Å². The molecule has 2 saturated carbocycles. The number of hydrogen-bond acceptors (Lipinski definition) is 7. The summed E-state index contributed by atoms with van der Waals surface area (Å²) >= 11 is 0. The molecule has 0 aliphatic heterocycles. The third kappa shape index (κ3) is 4.52. The molecule has 2 aliphatic rings. The Kier molecular flexibility index (Phi) is 7.05. The van der Waals surface area contributed by atoms with Crippen LogP contribution in [-0.2, 0) is 19.1 Å². The Hall–Kier alpha value is -2.22. The van der Waals surface area contributed by atoms with Gasteiger partial charge in [0.05, 0.1) is 24.7 Å². The van der Waals surface area contributed by atoms with Crippen molar-refractivity contribution < 1.29 is 28.6 Å². The van der Waals surface area contributed by atoms with Crippen molar-refractivity contribution in [3.63, 3.8) is 0 Å². The molecule has 8 nitrogen and oxygen atoms in total. The monoisotopic (exact) mass is 406 g/mol. The minimum atomic E-state index is -0.772. The van der Waals surface area contributed by atoms with Crippen LogP contribution in [0.15, 0.2) is 6.20 Å². The minimum absolute atomic E-state index is 0.0239. The second-order valence-corrected chi connectivity index (χ2v) is 7.61. The van der Waals surface area contributed by atoms with E-state index in [1.165, 1.54) is 0 Å². The van der Waals surface area contributed by atoms with Gasteiger partial charge in [-0.1, -0.05) is 0 Å². The summed E-state index contributed by atoms with van der Waals surface area (Å²) < 4.78 is 17.9. The van der Waals surface area contributed by atoms with Crippen LogP contribution >= 0.6 is 0 Å². The average molecular weight is 406 g/mol. The zero-order chi connectivity index (χ0) is 20.9.